The van der Waals surface area contributed by atoms with Gasteiger partial charge < -0.3 is 9.80 Å². The third kappa shape index (κ3) is 5.81. The number of fused-ring (bicyclic) bond motifs is 8. The van der Waals surface area contributed by atoms with Crippen LogP contribution >= 0.6 is 0 Å². The Kier molecular flexibility index (Phi) is 8.25. The van der Waals surface area contributed by atoms with Crippen LogP contribution < -0.4 is 9.80 Å². The number of para-hydroxylation sites is 4. The Bertz CT molecular complexity index is 3490. The van der Waals surface area contributed by atoms with Crippen LogP contribution in [0, 0.1) is 0 Å². The van der Waals surface area contributed by atoms with Gasteiger partial charge in [-0.25, -0.2) is 0 Å². The third-order valence-electron chi connectivity index (χ3n) is 13.3. The summed E-state index contributed by atoms with van der Waals surface area (Å²) in [4.78, 5) is 4.89. The summed E-state index contributed by atoms with van der Waals surface area (Å²) in [6.45, 7) is 0. The van der Waals surface area contributed by atoms with Crippen molar-refractivity contribution in [2.24, 2.45) is 0 Å². The molecule has 2 nitrogen and oxygen atoms in total. The molecule has 2 heteroatoms. The molecular formula is C62H40N2. The van der Waals surface area contributed by atoms with Crippen molar-refractivity contribution < 1.29 is 0 Å². The summed E-state index contributed by atoms with van der Waals surface area (Å²) in [6.07, 6.45) is 8.99. The van der Waals surface area contributed by atoms with Gasteiger partial charge in [-0.05, 0) is 148 Å². The number of anilines is 6. The Morgan fingerprint density at radius 2 is 0.562 bits per heavy atom. The molecule has 0 fully saturated rings. The fraction of sp³-hybridized carbons (Fsp3) is 0. The zero-order chi connectivity index (χ0) is 42.1. The van der Waals surface area contributed by atoms with E-state index in [1.807, 2.05) is 0 Å². The standard InChI is InChI=1S/C62H40N2/c1-3-19-47-37-49(31-25-41(47)13-1)61-53-35-33-51(63-57-21-9-5-15-43(57)27-28-44-16-6-10-22-58(44)63)39-55(53)62(50-32-26-42-14-2-4-20-48(42)38-50)56-40-52(34-36-54(56)61)64-59-23-11-7-17-45(59)29-30-46-18-8-12-24-60(46)64/h1-40H. The van der Waals surface area contributed by atoms with Crippen LogP contribution in [0.5, 0.6) is 0 Å². The highest BCUT2D eigenvalue weighted by molar-refractivity contribution is 6.23. The summed E-state index contributed by atoms with van der Waals surface area (Å²) in [6, 6.07) is 80.7. The van der Waals surface area contributed by atoms with Gasteiger partial charge in [0, 0.05) is 11.4 Å². The summed E-state index contributed by atoms with van der Waals surface area (Å²) < 4.78 is 0. The average Bonchev–Trinajstić information content (AvgIpc) is 3.63. The molecule has 11 aromatic carbocycles. The molecule has 2 aliphatic rings. The van der Waals surface area contributed by atoms with E-state index in [0.717, 1.165) is 34.1 Å². The first kappa shape index (κ1) is 36.2. The number of hydrogen-bond acceptors (Lipinski definition) is 2. The molecule has 0 atom stereocenters. The van der Waals surface area contributed by atoms with Crippen molar-refractivity contribution in [3.63, 3.8) is 0 Å². The first-order chi connectivity index (χ1) is 31.7. The maximum absolute atomic E-state index is 2.45. The molecule has 0 spiro atoms. The Morgan fingerprint density at radius 3 is 0.953 bits per heavy atom. The minimum atomic E-state index is 1.11. The van der Waals surface area contributed by atoms with Gasteiger partial charge in [-0.3, -0.25) is 0 Å². The first-order valence-corrected chi connectivity index (χ1v) is 22.1. The van der Waals surface area contributed by atoms with Crippen molar-refractivity contribution in [2.45, 2.75) is 0 Å². The lowest BCUT2D eigenvalue weighted by Gasteiger charge is -2.29. The number of rotatable bonds is 4. The van der Waals surface area contributed by atoms with Crippen LogP contribution in [0.1, 0.15) is 22.3 Å². The molecule has 0 N–H and O–H groups in total. The highest BCUT2D eigenvalue weighted by Crippen LogP contribution is 2.51. The van der Waals surface area contributed by atoms with E-state index in [0.29, 0.717) is 0 Å². The highest BCUT2D eigenvalue weighted by Gasteiger charge is 2.25. The predicted octanol–water partition coefficient (Wildman–Crippen LogP) is 17.5. The lowest BCUT2D eigenvalue weighted by Crippen LogP contribution is -2.12. The normalized spacial score (nSPS) is 12.8. The van der Waals surface area contributed by atoms with Crippen LogP contribution in [-0.4, -0.2) is 0 Å². The van der Waals surface area contributed by atoms with Crippen LogP contribution in [0.2, 0.25) is 0 Å². The second-order valence-electron chi connectivity index (χ2n) is 16.9. The lowest BCUT2D eigenvalue weighted by molar-refractivity contribution is 1.28. The Balaban J connectivity index is 1.17. The maximum Gasteiger partial charge on any atom is 0.0534 e. The minimum Gasteiger partial charge on any atom is -0.309 e. The molecule has 0 saturated carbocycles. The van der Waals surface area contributed by atoms with Gasteiger partial charge in [0.2, 0.25) is 0 Å². The fourth-order valence-corrected chi connectivity index (χ4v) is 10.3. The molecule has 2 heterocycles. The number of nitrogens with zero attached hydrogens (tertiary/aromatic N) is 2. The molecule has 0 aliphatic carbocycles. The number of benzene rings is 11. The van der Waals surface area contributed by atoms with Crippen LogP contribution in [0.3, 0.4) is 0 Å². The van der Waals surface area contributed by atoms with Crippen molar-refractivity contribution in [3.8, 4) is 22.3 Å². The van der Waals surface area contributed by atoms with Gasteiger partial charge in [0.05, 0.1) is 22.7 Å². The molecule has 0 saturated heterocycles. The van der Waals surface area contributed by atoms with Gasteiger partial charge in [-0.2, -0.15) is 0 Å². The van der Waals surface area contributed by atoms with Gasteiger partial charge in [0.25, 0.3) is 0 Å². The molecule has 0 aromatic heterocycles. The molecule has 0 radical (unpaired) electrons. The molecule has 298 valence electrons. The van der Waals surface area contributed by atoms with Crippen molar-refractivity contribution in [3.05, 3.63) is 241 Å². The van der Waals surface area contributed by atoms with E-state index in [2.05, 4.69) is 252 Å². The Hall–Kier alpha value is -8.46. The molecule has 0 amide bonds. The summed E-state index contributed by atoms with van der Waals surface area (Å²) in [5, 5.41) is 9.73. The quantitative estimate of drug-likeness (QED) is 0.163. The summed E-state index contributed by atoms with van der Waals surface area (Å²) in [7, 11) is 0. The van der Waals surface area contributed by atoms with Crippen LogP contribution in [0.4, 0.5) is 34.1 Å². The summed E-state index contributed by atoms with van der Waals surface area (Å²) >= 11 is 0. The first-order valence-electron chi connectivity index (χ1n) is 22.1. The lowest BCUT2D eigenvalue weighted by atomic mass is 9.84. The SMILES string of the molecule is C1=Cc2ccccc2N(c2ccc3c(-c4ccc5ccccc5c4)c4ccc(N5c6ccccc6C=Cc6ccccc65)cc4c(-c4ccc5ccccc5c4)c3c2)c2ccccc21. The second-order valence-corrected chi connectivity index (χ2v) is 16.9. The van der Waals surface area contributed by atoms with E-state index in [4.69, 9.17) is 0 Å². The highest BCUT2D eigenvalue weighted by atomic mass is 15.2. The zero-order valence-electron chi connectivity index (χ0n) is 35.0. The van der Waals surface area contributed by atoms with E-state index in [1.165, 1.54) is 87.6 Å². The van der Waals surface area contributed by atoms with Crippen molar-refractivity contribution >= 4 is 102 Å². The number of hydrogen-bond donors (Lipinski definition) is 0. The van der Waals surface area contributed by atoms with Gasteiger partial charge in [-0.15, -0.1) is 0 Å². The molecule has 0 unspecified atom stereocenters. The molecule has 11 aromatic rings. The van der Waals surface area contributed by atoms with E-state index in [-0.39, 0.29) is 0 Å². The van der Waals surface area contributed by atoms with Crippen molar-refractivity contribution in [2.75, 3.05) is 9.80 Å². The minimum absolute atomic E-state index is 1.11. The van der Waals surface area contributed by atoms with Crippen LogP contribution in [0.25, 0.3) is 89.6 Å². The van der Waals surface area contributed by atoms with Gasteiger partial charge in [-0.1, -0.05) is 182 Å². The van der Waals surface area contributed by atoms with E-state index in [1.54, 1.807) is 0 Å². The molecule has 0 bridgehead atoms. The zero-order valence-corrected chi connectivity index (χ0v) is 35.0. The Labute approximate surface area is 372 Å². The molecule has 64 heavy (non-hydrogen) atoms. The summed E-state index contributed by atoms with van der Waals surface area (Å²) in [5.41, 5.74) is 16.4. The smallest absolute Gasteiger partial charge is 0.0534 e. The summed E-state index contributed by atoms with van der Waals surface area (Å²) in [5.74, 6) is 0. The van der Waals surface area contributed by atoms with Crippen molar-refractivity contribution in [1.29, 1.82) is 0 Å². The van der Waals surface area contributed by atoms with Crippen molar-refractivity contribution in [1.82, 2.24) is 0 Å². The Morgan fingerprint density at radius 1 is 0.234 bits per heavy atom. The monoisotopic (exact) mass is 812 g/mol. The molecular weight excluding hydrogens is 773 g/mol. The largest absolute Gasteiger partial charge is 0.309 e. The van der Waals surface area contributed by atoms with Gasteiger partial charge in [0.1, 0.15) is 0 Å². The molecule has 13 rings (SSSR count). The second kappa shape index (κ2) is 14.6. The van der Waals surface area contributed by atoms with Gasteiger partial charge in [0.15, 0.2) is 0 Å². The third-order valence-corrected chi connectivity index (χ3v) is 13.3. The molecule has 2 aliphatic heterocycles. The van der Waals surface area contributed by atoms with E-state index < -0.39 is 0 Å². The van der Waals surface area contributed by atoms with E-state index >= 15 is 0 Å². The van der Waals surface area contributed by atoms with Crippen LogP contribution in [0.15, 0.2) is 218 Å². The van der Waals surface area contributed by atoms with E-state index in [9.17, 15) is 0 Å². The fourth-order valence-electron chi connectivity index (χ4n) is 10.3. The maximum atomic E-state index is 2.45. The predicted molar refractivity (Wildman–Crippen MR) is 275 cm³/mol. The topological polar surface area (TPSA) is 6.48 Å². The van der Waals surface area contributed by atoms with Gasteiger partial charge >= 0.3 is 0 Å². The average molecular weight is 813 g/mol. The van der Waals surface area contributed by atoms with Crippen LogP contribution in [-0.2, 0) is 0 Å².